The molecule has 2 rings (SSSR count). The molecule has 1 aromatic carbocycles. The SMILES string of the molecule is Cc1[nH]c(=O)n(CCC(=O)Nc2ccc(N)cc2Cl)c1C. The number of amides is 1. The molecule has 0 aliphatic carbocycles. The second-order valence-corrected chi connectivity index (χ2v) is 5.24. The third kappa shape index (κ3) is 3.46. The van der Waals surface area contributed by atoms with Crippen molar-refractivity contribution in [2.75, 3.05) is 11.1 Å². The number of aromatic amines is 1. The Bertz CT molecular complexity index is 733. The van der Waals surface area contributed by atoms with Crippen LogP contribution in [0.25, 0.3) is 0 Å². The van der Waals surface area contributed by atoms with E-state index in [0.717, 1.165) is 11.4 Å². The van der Waals surface area contributed by atoms with Crippen molar-refractivity contribution in [2.24, 2.45) is 0 Å². The molecule has 112 valence electrons. The van der Waals surface area contributed by atoms with Crippen molar-refractivity contribution in [2.45, 2.75) is 26.8 Å². The summed E-state index contributed by atoms with van der Waals surface area (Å²) in [5.41, 5.74) is 8.06. The van der Waals surface area contributed by atoms with Crippen LogP contribution in [-0.2, 0) is 11.3 Å². The Balaban J connectivity index is 2.01. The number of hydrogen-bond donors (Lipinski definition) is 3. The maximum Gasteiger partial charge on any atom is 0.325 e. The standard InChI is InChI=1S/C14H17ClN4O2/c1-8-9(2)19(14(21)17-8)6-5-13(20)18-12-4-3-10(16)7-11(12)15/h3-4,7H,5-6,16H2,1-2H3,(H,17,21)(H,18,20). The summed E-state index contributed by atoms with van der Waals surface area (Å²) >= 11 is 5.99. The summed E-state index contributed by atoms with van der Waals surface area (Å²) in [5, 5.41) is 3.08. The number of carbonyl (C=O) groups is 1. The van der Waals surface area contributed by atoms with Crippen LogP contribution < -0.4 is 16.7 Å². The number of hydrogen-bond acceptors (Lipinski definition) is 3. The number of nitrogens with one attached hydrogen (secondary N) is 2. The zero-order chi connectivity index (χ0) is 15.6. The van der Waals surface area contributed by atoms with E-state index in [1.54, 1.807) is 22.8 Å². The molecule has 1 aromatic heterocycles. The first-order valence-corrected chi connectivity index (χ1v) is 6.87. The van der Waals surface area contributed by atoms with Crippen LogP contribution in [-0.4, -0.2) is 15.5 Å². The lowest BCUT2D eigenvalue weighted by atomic mass is 10.2. The molecule has 0 spiro atoms. The summed E-state index contributed by atoms with van der Waals surface area (Å²) in [5.74, 6) is -0.216. The minimum atomic E-state index is -0.216. The molecule has 0 unspecified atom stereocenters. The number of nitrogen functional groups attached to an aromatic ring is 1. The predicted molar refractivity (Wildman–Crippen MR) is 83.6 cm³/mol. The largest absolute Gasteiger partial charge is 0.399 e. The van der Waals surface area contributed by atoms with E-state index in [4.69, 9.17) is 17.3 Å². The monoisotopic (exact) mass is 308 g/mol. The quantitative estimate of drug-likeness (QED) is 0.755. The van der Waals surface area contributed by atoms with Gasteiger partial charge in [0, 0.05) is 30.0 Å². The molecule has 21 heavy (non-hydrogen) atoms. The van der Waals surface area contributed by atoms with Gasteiger partial charge >= 0.3 is 5.69 Å². The zero-order valence-corrected chi connectivity index (χ0v) is 12.6. The average molecular weight is 309 g/mol. The fraction of sp³-hybridized carbons (Fsp3) is 0.286. The first-order chi connectivity index (χ1) is 9.88. The lowest BCUT2D eigenvalue weighted by molar-refractivity contribution is -0.116. The third-order valence-corrected chi connectivity index (χ3v) is 3.63. The van der Waals surface area contributed by atoms with E-state index in [1.165, 1.54) is 0 Å². The molecule has 0 radical (unpaired) electrons. The van der Waals surface area contributed by atoms with Crippen molar-refractivity contribution in [1.29, 1.82) is 0 Å². The highest BCUT2D eigenvalue weighted by atomic mass is 35.5. The molecule has 1 amide bonds. The molecule has 7 heteroatoms. The van der Waals surface area contributed by atoms with Gasteiger partial charge in [-0.05, 0) is 32.0 Å². The summed E-state index contributed by atoms with van der Waals surface area (Å²) in [6, 6.07) is 4.88. The maximum absolute atomic E-state index is 11.9. The van der Waals surface area contributed by atoms with Gasteiger partial charge in [0.25, 0.3) is 0 Å². The van der Waals surface area contributed by atoms with E-state index in [2.05, 4.69) is 10.3 Å². The Hall–Kier alpha value is -2.21. The zero-order valence-electron chi connectivity index (χ0n) is 11.9. The Morgan fingerprint density at radius 1 is 1.43 bits per heavy atom. The van der Waals surface area contributed by atoms with E-state index in [9.17, 15) is 9.59 Å². The number of anilines is 2. The van der Waals surface area contributed by atoms with Crippen LogP contribution in [0.15, 0.2) is 23.0 Å². The van der Waals surface area contributed by atoms with Crippen molar-refractivity contribution in [3.05, 3.63) is 45.1 Å². The van der Waals surface area contributed by atoms with Crippen LogP contribution in [0, 0.1) is 13.8 Å². The number of imidazole rings is 1. The molecule has 2 aromatic rings. The summed E-state index contributed by atoms with van der Waals surface area (Å²) in [6.07, 6.45) is 0.179. The van der Waals surface area contributed by atoms with Gasteiger partial charge in [-0.15, -0.1) is 0 Å². The topological polar surface area (TPSA) is 92.9 Å². The van der Waals surface area contributed by atoms with Crippen molar-refractivity contribution >= 4 is 28.9 Å². The number of nitrogens with zero attached hydrogens (tertiary/aromatic N) is 1. The Kier molecular flexibility index (Phi) is 4.37. The minimum Gasteiger partial charge on any atom is -0.399 e. The fourth-order valence-electron chi connectivity index (χ4n) is 2.00. The number of H-pyrrole nitrogens is 1. The number of rotatable bonds is 4. The number of benzene rings is 1. The van der Waals surface area contributed by atoms with Crippen LogP contribution in [0.3, 0.4) is 0 Å². The first-order valence-electron chi connectivity index (χ1n) is 6.49. The summed E-state index contributed by atoms with van der Waals surface area (Å²) < 4.78 is 1.54. The molecule has 0 fully saturated rings. The second kappa shape index (κ2) is 6.05. The predicted octanol–water partition coefficient (Wildman–Crippen LogP) is 2.06. The summed E-state index contributed by atoms with van der Waals surface area (Å²) in [7, 11) is 0. The van der Waals surface area contributed by atoms with Crippen molar-refractivity contribution in [1.82, 2.24) is 9.55 Å². The summed E-state index contributed by atoms with van der Waals surface area (Å²) in [6.45, 7) is 3.97. The lowest BCUT2D eigenvalue weighted by Gasteiger charge is -2.08. The van der Waals surface area contributed by atoms with E-state index in [0.29, 0.717) is 22.9 Å². The summed E-state index contributed by atoms with van der Waals surface area (Å²) in [4.78, 5) is 26.3. The molecular weight excluding hydrogens is 292 g/mol. The number of nitrogens with two attached hydrogens (primary N) is 1. The molecular formula is C14H17ClN4O2. The highest BCUT2D eigenvalue weighted by Gasteiger charge is 2.10. The van der Waals surface area contributed by atoms with Gasteiger partial charge in [0.1, 0.15) is 0 Å². The average Bonchev–Trinajstić information content (AvgIpc) is 2.65. The van der Waals surface area contributed by atoms with Gasteiger partial charge < -0.3 is 16.0 Å². The molecule has 0 aliphatic rings. The van der Waals surface area contributed by atoms with Gasteiger partial charge in [0.15, 0.2) is 0 Å². The van der Waals surface area contributed by atoms with Crippen molar-refractivity contribution < 1.29 is 4.79 Å². The molecule has 0 bridgehead atoms. The van der Waals surface area contributed by atoms with Crippen LogP contribution in [0.1, 0.15) is 17.8 Å². The maximum atomic E-state index is 11.9. The molecule has 6 nitrogen and oxygen atoms in total. The van der Waals surface area contributed by atoms with E-state index in [1.807, 2.05) is 13.8 Å². The number of aryl methyl sites for hydroxylation is 1. The minimum absolute atomic E-state index is 0.179. The molecule has 0 saturated carbocycles. The van der Waals surface area contributed by atoms with Crippen LogP contribution in [0.2, 0.25) is 5.02 Å². The highest BCUT2D eigenvalue weighted by Crippen LogP contribution is 2.24. The Morgan fingerprint density at radius 2 is 2.14 bits per heavy atom. The molecule has 1 heterocycles. The van der Waals surface area contributed by atoms with E-state index >= 15 is 0 Å². The van der Waals surface area contributed by atoms with Crippen LogP contribution >= 0.6 is 11.6 Å². The Morgan fingerprint density at radius 3 is 2.71 bits per heavy atom. The number of halogens is 1. The third-order valence-electron chi connectivity index (χ3n) is 3.32. The smallest absolute Gasteiger partial charge is 0.325 e. The van der Waals surface area contributed by atoms with E-state index < -0.39 is 0 Å². The molecule has 0 atom stereocenters. The fourth-order valence-corrected chi connectivity index (χ4v) is 2.24. The van der Waals surface area contributed by atoms with Gasteiger partial charge in [-0.1, -0.05) is 11.6 Å². The lowest BCUT2D eigenvalue weighted by Crippen LogP contribution is -2.22. The van der Waals surface area contributed by atoms with Gasteiger partial charge in [0.2, 0.25) is 5.91 Å². The van der Waals surface area contributed by atoms with Gasteiger partial charge in [-0.25, -0.2) is 4.79 Å². The molecule has 4 N–H and O–H groups in total. The molecule has 0 aliphatic heterocycles. The first kappa shape index (κ1) is 15.2. The Labute approximate surface area is 126 Å². The van der Waals surface area contributed by atoms with Gasteiger partial charge in [0.05, 0.1) is 10.7 Å². The van der Waals surface area contributed by atoms with Crippen molar-refractivity contribution in [3.63, 3.8) is 0 Å². The second-order valence-electron chi connectivity index (χ2n) is 4.83. The molecule has 0 saturated heterocycles. The number of aromatic nitrogens is 2. The highest BCUT2D eigenvalue weighted by molar-refractivity contribution is 6.34. The van der Waals surface area contributed by atoms with Crippen LogP contribution in [0.5, 0.6) is 0 Å². The van der Waals surface area contributed by atoms with Crippen molar-refractivity contribution in [3.8, 4) is 0 Å². The van der Waals surface area contributed by atoms with Crippen LogP contribution in [0.4, 0.5) is 11.4 Å². The van der Waals surface area contributed by atoms with Gasteiger partial charge in [-0.2, -0.15) is 0 Å². The van der Waals surface area contributed by atoms with E-state index in [-0.39, 0.29) is 18.0 Å². The number of carbonyl (C=O) groups excluding carboxylic acids is 1. The normalized spacial score (nSPS) is 10.6. The van der Waals surface area contributed by atoms with Gasteiger partial charge in [-0.3, -0.25) is 9.36 Å².